The third-order valence-corrected chi connectivity index (χ3v) is 4.76. The molecule has 1 aromatic heterocycles. The summed E-state index contributed by atoms with van der Waals surface area (Å²) in [5.41, 5.74) is -1.72. The van der Waals surface area contributed by atoms with Crippen molar-refractivity contribution in [2.24, 2.45) is 7.05 Å². The van der Waals surface area contributed by atoms with Crippen LogP contribution in [0.1, 0.15) is 35.0 Å². The van der Waals surface area contributed by atoms with E-state index in [4.69, 9.17) is 0 Å². The van der Waals surface area contributed by atoms with Crippen molar-refractivity contribution in [1.29, 1.82) is 0 Å². The highest BCUT2D eigenvalue weighted by molar-refractivity contribution is 5.97. The van der Waals surface area contributed by atoms with Crippen molar-refractivity contribution in [3.63, 3.8) is 0 Å². The lowest BCUT2D eigenvalue weighted by Gasteiger charge is -2.37. The molecule has 1 heterocycles. The summed E-state index contributed by atoms with van der Waals surface area (Å²) < 4.78 is 40.9. The van der Waals surface area contributed by atoms with E-state index in [0.717, 1.165) is 10.9 Å². The van der Waals surface area contributed by atoms with Crippen LogP contribution in [-0.2, 0) is 17.3 Å². The number of aromatic nitrogens is 2. The Bertz CT molecular complexity index is 964. The zero-order chi connectivity index (χ0) is 20.5. The number of carbonyl (C=O) groups excluding carboxylic acids is 2. The van der Waals surface area contributed by atoms with Gasteiger partial charge in [-0.05, 0) is 24.6 Å². The van der Waals surface area contributed by atoms with Gasteiger partial charge in [0, 0.05) is 13.2 Å². The number of alkyl halides is 2. The van der Waals surface area contributed by atoms with E-state index >= 15 is 0 Å². The first-order valence-corrected chi connectivity index (χ1v) is 8.51. The van der Waals surface area contributed by atoms with E-state index in [9.17, 15) is 22.8 Å². The lowest BCUT2D eigenvalue weighted by molar-refractivity contribution is -0.121. The van der Waals surface area contributed by atoms with Gasteiger partial charge in [0.15, 0.2) is 5.69 Å². The van der Waals surface area contributed by atoms with Gasteiger partial charge in [0.1, 0.15) is 11.6 Å². The molecule has 28 heavy (non-hydrogen) atoms. The number of allylic oxidation sites excluding steroid dienone is 2. The Morgan fingerprint density at radius 3 is 2.50 bits per heavy atom. The Labute approximate surface area is 159 Å². The highest BCUT2D eigenvalue weighted by Crippen LogP contribution is 2.35. The number of rotatable bonds is 5. The summed E-state index contributed by atoms with van der Waals surface area (Å²) in [4.78, 5) is 25.3. The zero-order valence-electron chi connectivity index (χ0n) is 15.2. The second kappa shape index (κ2) is 7.46. The summed E-state index contributed by atoms with van der Waals surface area (Å²) in [6.45, 7) is 1.36. The summed E-state index contributed by atoms with van der Waals surface area (Å²) in [6, 6.07) is 4.51. The first-order valence-electron chi connectivity index (χ1n) is 8.51. The number of aryl methyl sites for hydroxylation is 1. The molecule has 0 aliphatic heterocycles. The Kier molecular flexibility index (Phi) is 5.22. The molecule has 1 aliphatic rings. The quantitative estimate of drug-likeness (QED) is 0.854. The lowest BCUT2D eigenvalue weighted by atomic mass is 9.69. The van der Waals surface area contributed by atoms with Gasteiger partial charge in [-0.1, -0.05) is 36.4 Å². The van der Waals surface area contributed by atoms with Crippen molar-refractivity contribution in [3.8, 4) is 0 Å². The molecule has 1 aromatic carbocycles. The van der Waals surface area contributed by atoms with Gasteiger partial charge in [-0.3, -0.25) is 14.3 Å². The van der Waals surface area contributed by atoms with Crippen LogP contribution in [0.15, 0.2) is 54.8 Å². The highest BCUT2D eigenvalue weighted by Gasteiger charge is 2.44. The van der Waals surface area contributed by atoms with E-state index < -0.39 is 40.9 Å². The van der Waals surface area contributed by atoms with Crippen LogP contribution in [0.5, 0.6) is 0 Å². The molecule has 2 unspecified atom stereocenters. The van der Waals surface area contributed by atoms with Gasteiger partial charge in [-0.2, -0.15) is 5.10 Å². The van der Waals surface area contributed by atoms with Gasteiger partial charge in [-0.15, -0.1) is 0 Å². The molecule has 0 fully saturated rings. The van der Waals surface area contributed by atoms with Crippen LogP contribution < -0.4 is 5.32 Å². The van der Waals surface area contributed by atoms with Crippen LogP contribution >= 0.6 is 0 Å². The smallest absolute Gasteiger partial charge is 0.272 e. The van der Waals surface area contributed by atoms with Crippen LogP contribution in [0.3, 0.4) is 0 Å². The first kappa shape index (κ1) is 19.6. The maximum Gasteiger partial charge on any atom is 0.272 e. The van der Waals surface area contributed by atoms with E-state index in [1.807, 2.05) is 0 Å². The minimum Gasteiger partial charge on any atom is -0.343 e. The second-order valence-electron chi connectivity index (χ2n) is 6.53. The fourth-order valence-electron chi connectivity index (χ4n) is 3.39. The van der Waals surface area contributed by atoms with Crippen LogP contribution in [0, 0.1) is 5.82 Å². The van der Waals surface area contributed by atoms with Crippen molar-refractivity contribution in [1.82, 2.24) is 15.1 Å². The van der Waals surface area contributed by atoms with Crippen molar-refractivity contribution >= 4 is 11.7 Å². The van der Waals surface area contributed by atoms with Gasteiger partial charge in [0.25, 0.3) is 12.3 Å². The molecule has 0 spiro atoms. The molecule has 1 amide bonds. The number of hydrogen-bond acceptors (Lipinski definition) is 3. The minimum absolute atomic E-state index is 0.292. The molecule has 1 N–H and O–H groups in total. The maximum absolute atomic E-state index is 13.4. The number of nitrogens with zero attached hydrogens (tertiary/aromatic N) is 2. The van der Waals surface area contributed by atoms with Crippen molar-refractivity contribution in [2.45, 2.75) is 24.8 Å². The average molecular weight is 389 g/mol. The topological polar surface area (TPSA) is 64.0 Å². The van der Waals surface area contributed by atoms with E-state index in [-0.39, 0.29) is 5.78 Å². The van der Waals surface area contributed by atoms with E-state index in [2.05, 4.69) is 10.4 Å². The number of halogens is 3. The normalized spacial score (nSPS) is 21.1. The Morgan fingerprint density at radius 1 is 1.21 bits per heavy atom. The number of ketones is 1. The van der Waals surface area contributed by atoms with Crippen molar-refractivity contribution in [2.75, 3.05) is 0 Å². The molecule has 0 saturated carbocycles. The standard InChI is InChI=1S/C20H18F3N3O2/c1-12(27)20(13-6-8-14(21)9-7-13)10-4-3-5-16(20)24-19(28)17-15(18(22)23)11-26(2)25-17/h3-11,16,18H,1-2H3,(H,24,28). The van der Waals surface area contributed by atoms with Crippen LogP contribution in [-0.4, -0.2) is 27.5 Å². The van der Waals surface area contributed by atoms with Gasteiger partial charge < -0.3 is 5.32 Å². The molecule has 8 heteroatoms. The molecular formula is C20H18F3N3O2. The summed E-state index contributed by atoms with van der Waals surface area (Å²) in [7, 11) is 1.43. The molecule has 3 rings (SSSR count). The van der Waals surface area contributed by atoms with Gasteiger partial charge in [0.2, 0.25) is 0 Å². The molecule has 0 radical (unpaired) electrons. The number of hydrogen-bond donors (Lipinski definition) is 1. The number of Topliss-reactive ketones (excluding diaryl/α,β-unsaturated/α-hetero) is 1. The molecule has 2 aromatic rings. The number of amides is 1. The van der Waals surface area contributed by atoms with Gasteiger partial charge in [-0.25, -0.2) is 13.2 Å². The molecular weight excluding hydrogens is 371 g/mol. The van der Waals surface area contributed by atoms with Crippen molar-refractivity contribution in [3.05, 3.63) is 77.4 Å². The molecule has 0 bridgehead atoms. The minimum atomic E-state index is -2.87. The van der Waals surface area contributed by atoms with Crippen LogP contribution in [0.25, 0.3) is 0 Å². The van der Waals surface area contributed by atoms with E-state index in [1.54, 1.807) is 24.3 Å². The maximum atomic E-state index is 13.4. The fraction of sp³-hybridized carbons (Fsp3) is 0.250. The molecule has 5 nitrogen and oxygen atoms in total. The predicted molar refractivity (Wildman–Crippen MR) is 96.5 cm³/mol. The van der Waals surface area contributed by atoms with Crippen LogP contribution in [0.4, 0.5) is 13.2 Å². The Morgan fingerprint density at radius 2 is 1.89 bits per heavy atom. The third kappa shape index (κ3) is 3.37. The zero-order valence-corrected chi connectivity index (χ0v) is 15.2. The highest BCUT2D eigenvalue weighted by atomic mass is 19.3. The van der Waals surface area contributed by atoms with E-state index in [1.165, 1.54) is 38.2 Å². The molecule has 146 valence electrons. The predicted octanol–water partition coefficient (Wildman–Crippen LogP) is 3.25. The van der Waals surface area contributed by atoms with Gasteiger partial charge >= 0.3 is 0 Å². The SMILES string of the molecule is CC(=O)C1(c2ccc(F)cc2)C=CC=CC1NC(=O)c1nn(C)cc1C(F)F. The van der Waals surface area contributed by atoms with E-state index in [0.29, 0.717) is 5.56 Å². The summed E-state index contributed by atoms with van der Waals surface area (Å²) in [5, 5.41) is 6.45. The number of carbonyl (C=O) groups is 2. The fourth-order valence-corrected chi connectivity index (χ4v) is 3.39. The first-order chi connectivity index (χ1) is 13.3. The van der Waals surface area contributed by atoms with Crippen molar-refractivity contribution < 1.29 is 22.8 Å². The number of nitrogens with one attached hydrogen (secondary N) is 1. The monoisotopic (exact) mass is 389 g/mol. The summed E-state index contributed by atoms with van der Waals surface area (Å²) in [5.74, 6) is -1.58. The van der Waals surface area contributed by atoms with Crippen LogP contribution in [0.2, 0.25) is 0 Å². The summed E-state index contributed by atoms with van der Waals surface area (Å²) in [6.07, 6.45) is 4.70. The summed E-state index contributed by atoms with van der Waals surface area (Å²) >= 11 is 0. The number of benzene rings is 1. The molecule has 0 saturated heterocycles. The Balaban J connectivity index is 2.00. The molecule has 1 aliphatic carbocycles. The average Bonchev–Trinajstić information content (AvgIpc) is 3.05. The second-order valence-corrected chi connectivity index (χ2v) is 6.53. The lowest BCUT2D eigenvalue weighted by Crippen LogP contribution is -2.53. The third-order valence-electron chi connectivity index (χ3n) is 4.76. The Hall–Kier alpha value is -3.16. The largest absolute Gasteiger partial charge is 0.343 e. The molecule has 2 atom stereocenters. The van der Waals surface area contributed by atoms with Gasteiger partial charge in [0.05, 0.1) is 17.0 Å².